The molecular formula is C21H26N4O2. The summed E-state index contributed by atoms with van der Waals surface area (Å²) in [6.07, 6.45) is 5.63. The summed E-state index contributed by atoms with van der Waals surface area (Å²) < 4.78 is 0. The van der Waals surface area contributed by atoms with Crippen LogP contribution in [0.2, 0.25) is 0 Å². The number of hydrogen-bond donors (Lipinski definition) is 4. The van der Waals surface area contributed by atoms with Gasteiger partial charge in [0.1, 0.15) is 6.10 Å². The molecule has 2 heterocycles. The molecule has 1 saturated carbocycles. The molecule has 1 saturated heterocycles. The SMILES string of the molecule is NCC1NNC(=O)C2CCC(c3cncc(C(O)c4ccccc4)c3)CC12. The smallest absolute Gasteiger partial charge is 0.237 e. The average Bonchev–Trinajstić information content (AvgIpc) is 2.74. The van der Waals surface area contributed by atoms with E-state index in [4.69, 9.17) is 5.73 Å². The lowest BCUT2D eigenvalue weighted by Gasteiger charge is -2.43. The lowest BCUT2D eigenvalue weighted by atomic mass is 9.68. The fourth-order valence-corrected chi connectivity index (χ4v) is 4.55. The third-order valence-electron chi connectivity index (χ3n) is 6.07. The second-order valence-corrected chi connectivity index (χ2v) is 7.62. The zero-order chi connectivity index (χ0) is 18.8. The Morgan fingerprint density at radius 1 is 1.19 bits per heavy atom. The van der Waals surface area contributed by atoms with E-state index < -0.39 is 6.10 Å². The number of fused-ring (bicyclic) bond motifs is 1. The largest absolute Gasteiger partial charge is 0.384 e. The number of aromatic nitrogens is 1. The Kier molecular flexibility index (Phi) is 5.20. The molecular weight excluding hydrogens is 340 g/mol. The van der Waals surface area contributed by atoms with E-state index in [0.29, 0.717) is 12.5 Å². The van der Waals surface area contributed by atoms with Crippen LogP contribution in [0, 0.1) is 11.8 Å². The minimum absolute atomic E-state index is 0.0297. The van der Waals surface area contributed by atoms with Crippen LogP contribution in [-0.2, 0) is 4.79 Å². The molecule has 1 aliphatic heterocycles. The number of carbonyl (C=O) groups is 1. The number of nitrogens with two attached hydrogens (primary N) is 1. The van der Waals surface area contributed by atoms with Crippen LogP contribution >= 0.6 is 0 Å². The second-order valence-electron chi connectivity index (χ2n) is 7.62. The molecule has 6 heteroatoms. The van der Waals surface area contributed by atoms with Gasteiger partial charge >= 0.3 is 0 Å². The third kappa shape index (κ3) is 3.60. The molecule has 1 amide bonds. The number of benzene rings is 1. The average molecular weight is 366 g/mol. The lowest BCUT2D eigenvalue weighted by Crippen LogP contribution is -2.62. The zero-order valence-electron chi connectivity index (χ0n) is 15.2. The highest BCUT2D eigenvalue weighted by atomic mass is 16.3. The molecule has 2 aliphatic rings. The highest BCUT2D eigenvalue weighted by Gasteiger charge is 2.42. The molecule has 0 radical (unpaired) electrons. The van der Waals surface area contributed by atoms with Crippen LogP contribution < -0.4 is 16.6 Å². The van der Waals surface area contributed by atoms with Crippen molar-refractivity contribution in [2.75, 3.05) is 6.54 Å². The van der Waals surface area contributed by atoms with E-state index in [9.17, 15) is 9.90 Å². The molecule has 1 aliphatic carbocycles. The predicted molar refractivity (Wildman–Crippen MR) is 102 cm³/mol. The molecule has 1 aromatic heterocycles. The van der Waals surface area contributed by atoms with Gasteiger partial charge in [0.05, 0.1) is 0 Å². The number of aliphatic hydroxyl groups excluding tert-OH is 1. The van der Waals surface area contributed by atoms with Gasteiger partial charge in [-0.05, 0) is 48.3 Å². The van der Waals surface area contributed by atoms with E-state index in [1.54, 1.807) is 6.20 Å². The van der Waals surface area contributed by atoms with Gasteiger partial charge in [0, 0.05) is 36.5 Å². The van der Waals surface area contributed by atoms with E-state index in [-0.39, 0.29) is 23.8 Å². The van der Waals surface area contributed by atoms with Gasteiger partial charge in [0.25, 0.3) is 0 Å². The van der Waals surface area contributed by atoms with Gasteiger partial charge in [-0.15, -0.1) is 0 Å². The molecule has 5 N–H and O–H groups in total. The van der Waals surface area contributed by atoms with Gasteiger partial charge in [0.15, 0.2) is 0 Å². The Hall–Kier alpha value is -2.28. The standard InChI is InChI=1S/C21H26N4O2/c22-10-19-18-9-14(6-7-17(18)21(27)25-24-19)15-8-16(12-23-11-15)20(26)13-4-2-1-3-5-13/h1-5,8,11-12,14,17-20,24,26H,6-7,9-10,22H2,(H,25,27). The quantitative estimate of drug-likeness (QED) is 0.659. The second kappa shape index (κ2) is 7.76. The third-order valence-corrected chi connectivity index (χ3v) is 6.07. The summed E-state index contributed by atoms with van der Waals surface area (Å²) in [4.78, 5) is 16.6. The highest BCUT2D eigenvalue weighted by molar-refractivity contribution is 5.79. The number of hydrogen-bond acceptors (Lipinski definition) is 5. The molecule has 2 aromatic rings. The van der Waals surface area contributed by atoms with Crippen LogP contribution in [0.4, 0.5) is 0 Å². The van der Waals surface area contributed by atoms with Crippen LogP contribution in [-0.4, -0.2) is 28.6 Å². The maximum atomic E-state index is 12.2. The van der Waals surface area contributed by atoms with Crippen molar-refractivity contribution in [1.29, 1.82) is 0 Å². The lowest BCUT2D eigenvalue weighted by molar-refractivity contribution is -0.133. The van der Waals surface area contributed by atoms with Gasteiger partial charge in [-0.3, -0.25) is 15.2 Å². The van der Waals surface area contributed by atoms with Crippen molar-refractivity contribution >= 4 is 5.91 Å². The van der Waals surface area contributed by atoms with E-state index in [2.05, 4.69) is 21.9 Å². The van der Waals surface area contributed by atoms with E-state index in [1.165, 1.54) is 0 Å². The molecule has 6 nitrogen and oxygen atoms in total. The van der Waals surface area contributed by atoms with Crippen molar-refractivity contribution in [2.45, 2.75) is 37.3 Å². The summed E-state index contributed by atoms with van der Waals surface area (Å²) in [5, 5.41) is 10.7. The molecule has 5 atom stereocenters. The summed E-state index contributed by atoms with van der Waals surface area (Å²) in [6, 6.07) is 11.8. The molecule has 142 valence electrons. The van der Waals surface area contributed by atoms with Crippen LogP contribution in [0.15, 0.2) is 48.8 Å². The number of aliphatic hydroxyl groups is 1. The van der Waals surface area contributed by atoms with Gasteiger partial charge in [-0.25, -0.2) is 5.43 Å². The number of carbonyl (C=O) groups excluding carboxylic acids is 1. The molecule has 1 aromatic carbocycles. The van der Waals surface area contributed by atoms with E-state index in [0.717, 1.165) is 36.0 Å². The minimum Gasteiger partial charge on any atom is -0.384 e. The van der Waals surface area contributed by atoms with Crippen LogP contribution in [0.3, 0.4) is 0 Å². The predicted octanol–water partition coefficient (Wildman–Crippen LogP) is 1.62. The maximum Gasteiger partial charge on any atom is 0.237 e. The molecule has 27 heavy (non-hydrogen) atoms. The number of nitrogens with zero attached hydrogens (tertiary/aromatic N) is 1. The number of nitrogens with one attached hydrogen (secondary N) is 2. The van der Waals surface area contributed by atoms with E-state index in [1.807, 2.05) is 36.5 Å². The fraction of sp³-hybridized carbons (Fsp3) is 0.429. The Bertz CT molecular complexity index is 798. The van der Waals surface area contributed by atoms with Crippen molar-refractivity contribution in [2.24, 2.45) is 17.6 Å². The van der Waals surface area contributed by atoms with Gasteiger partial charge < -0.3 is 10.8 Å². The van der Waals surface area contributed by atoms with Crippen molar-refractivity contribution in [3.05, 3.63) is 65.5 Å². The van der Waals surface area contributed by atoms with Crippen molar-refractivity contribution in [1.82, 2.24) is 15.8 Å². The summed E-state index contributed by atoms with van der Waals surface area (Å²) in [6.45, 7) is 0.499. The molecule has 0 spiro atoms. The van der Waals surface area contributed by atoms with Crippen LogP contribution in [0.25, 0.3) is 0 Å². The van der Waals surface area contributed by atoms with Crippen LogP contribution in [0.1, 0.15) is 48.0 Å². The first-order valence-corrected chi connectivity index (χ1v) is 9.60. The van der Waals surface area contributed by atoms with Crippen molar-refractivity contribution < 1.29 is 9.90 Å². The summed E-state index contributed by atoms with van der Waals surface area (Å²) in [5.74, 6) is 0.658. The monoisotopic (exact) mass is 366 g/mol. The number of rotatable bonds is 4. The maximum absolute atomic E-state index is 12.2. The normalized spacial score (nSPS) is 28.9. The summed E-state index contributed by atoms with van der Waals surface area (Å²) in [5.41, 5.74) is 14.5. The highest BCUT2D eigenvalue weighted by Crippen LogP contribution is 2.42. The number of hydrazine groups is 1. The summed E-state index contributed by atoms with van der Waals surface area (Å²) >= 11 is 0. The zero-order valence-corrected chi connectivity index (χ0v) is 15.2. The first-order chi connectivity index (χ1) is 13.2. The van der Waals surface area contributed by atoms with Gasteiger partial charge in [-0.1, -0.05) is 30.3 Å². The Morgan fingerprint density at radius 2 is 2.00 bits per heavy atom. The van der Waals surface area contributed by atoms with Crippen molar-refractivity contribution in [3.63, 3.8) is 0 Å². The first-order valence-electron chi connectivity index (χ1n) is 9.60. The van der Waals surface area contributed by atoms with Crippen LogP contribution in [0.5, 0.6) is 0 Å². The van der Waals surface area contributed by atoms with Gasteiger partial charge in [-0.2, -0.15) is 0 Å². The molecule has 0 bridgehead atoms. The topological polar surface area (TPSA) is 100 Å². The first kappa shape index (κ1) is 18.1. The fourth-order valence-electron chi connectivity index (χ4n) is 4.55. The van der Waals surface area contributed by atoms with Crippen molar-refractivity contribution in [3.8, 4) is 0 Å². The molecule has 2 fully saturated rings. The summed E-state index contributed by atoms with van der Waals surface area (Å²) in [7, 11) is 0. The molecule has 4 rings (SSSR count). The van der Waals surface area contributed by atoms with E-state index >= 15 is 0 Å². The minimum atomic E-state index is -0.686. The number of pyridine rings is 1. The Labute approximate surface area is 159 Å². The van der Waals surface area contributed by atoms with Gasteiger partial charge in [0.2, 0.25) is 5.91 Å². The Morgan fingerprint density at radius 3 is 2.78 bits per heavy atom. The Balaban J connectivity index is 1.55. The number of amides is 1. The molecule has 5 unspecified atom stereocenters.